The van der Waals surface area contributed by atoms with Crippen LogP contribution in [0.15, 0.2) is 71.6 Å². The number of hydrogen-bond acceptors (Lipinski definition) is 4. The van der Waals surface area contributed by atoms with Crippen molar-refractivity contribution in [3.8, 4) is 0 Å². The maximum Gasteiger partial charge on any atom is 0.319 e. The molecule has 3 aromatic carbocycles. The Labute approximate surface area is 199 Å². The van der Waals surface area contributed by atoms with Crippen molar-refractivity contribution in [2.75, 3.05) is 11.9 Å². The number of rotatable bonds is 6. The number of carbonyl (C=O) groups excluding carboxylic acids is 1. The Morgan fingerprint density at radius 3 is 2.61 bits per heavy atom. The van der Waals surface area contributed by atoms with Gasteiger partial charge in [0.05, 0.1) is 16.7 Å². The molecular formula is C25H26ClN3O3S. The SMILES string of the molecule is CC(NC(=O)Nc1ccc(S(=O)(=O)Cc2ccc3c(c2)CCNC3)cc1)c1cccc(Cl)c1. The number of anilines is 1. The molecule has 3 aromatic rings. The van der Waals surface area contributed by atoms with E-state index in [1.54, 1.807) is 24.3 Å². The first kappa shape index (κ1) is 23.3. The van der Waals surface area contributed by atoms with Crippen LogP contribution in [0, 0.1) is 0 Å². The highest BCUT2D eigenvalue weighted by Crippen LogP contribution is 2.22. The Morgan fingerprint density at radius 2 is 1.85 bits per heavy atom. The molecule has 1 heterocycles. The Hall–Kier alpha value is -2.87. The van der Waals surface area contributed by atoms with E-state index in [1.807, 2.05) is 37.3 Å². The molecule has 0 aromatic heterocycles. The molecule has 0 fully saturated rings. The van der Waals surface area contributed by atoms with Gasteiger partial charge in [-0.15, -0.1) is 0 Å². The van der Waals surface area contributed by atoms with Crippen molar-refractivity contribution < 1.29 is 13.2 Å². The van der Waals surface area contributed by atoms with Crippen LogP contribution in [0.25, 0.3) is 0 Å². The zero-order valence-electron chi connectivity index (χ0n) is 18.3. The van der Waals surface area contributed by atoms with Gasteiger partial charge < -0.3 is 16.0 Å². The average Bonchev–Trinajstić information content (AvgIpc) is 2.79. The number of nitrogens with one attached hydrogen (secondary N) is 3. The number of amides is 2. The summed E-state index contributed by atoms with van der Waals surface area (Å²) >= 11 is 6.01. The Bertz CT molecular complexity index is 1260. The van der Waals surface area contributed by atoms with Gasteiger partial charge in [-0.2, -0.15) is 0 Å². The van der Waals surface area contributed by atoms with Crippen LogP contribution in [-0.2, 0) is 28.6 Å². The molecule has 0 bridgehead atoms. The molecule has 1 unspecified atom stereocenters. The van der Waals surface area contributed by atoms with Crippen molar-refractivity contribution in [1.29, 1.82) is 0 Å². The smallest absolute Gasteiger partial charge is 0.319 e. The molecule has 8 heteroatoms. The van der Waals surface area contributed by atoms with Gasteiger partial charge in [0.1, 0.15) is 0 Å². The van der Waals surface area contributed by atoms with E-state index in [9.17, 15) is 13.2 Å². The van der Waals surface area contributed by atoms with E-state index in [2.05, 4.69) is 16.0 Å². The van der Waals surface area contributed by atoms with Crippen LogP contribution in [0.3, 0.4) is 0 Å². The van der Waals surface area contributed by atoms with Gasteiger partial charge in [-0.1, -0.05) is 41.9 Å². The summed E-state index contributed by atoms with van der Waals surface area (Å²) in [5, 5.41) is 9.50. The number of hydrogen-bond donors (Lipinski definition) is 3. The minimum atomic E-state index is -3.50. The molecule has 0 saturated carbocycles. The Morgan fingerprint density at radius 1 is 1.06 bits per heavy atom. The van der Waals surface area contributed by atoms with E-state index in [0.717, 1.165) is 30.6 Å². The fourth-order valence-corrected chi connectivity index (χ4v) is 5.43. The average molecular weight is 484 g/mol. The normalized spacial score (nSPS) is 14.2. The van der Waals surface area contributed by atoms with Crippen molar-refractivity contribution in [3.05, 3.63) is 94.0 Å². The topological polar surface area (TPSA) is 87.3 Å². The minimum Gasteiger partial charge on any atom is -0.331 e. The molecule has 1 aliphatic heterocycles. The maximum atomic E-state index is 12.9. The number of fused-ring (bicyclic) bond motifs is 1. The predicted octanol–water partition coefficient (Wildman–Crippen LogP) is 4.84. The van der Waals surface area contributed by atoms with Crippen LogP contribution < -0.4 is 16.0 Å². The summed E-state index contributed by atoms with van der Waals surface area (Å²) in [7, 11) is -3.50. The third kappa shape index (κ3) is 5.93. The van der Waals surface area contributed by atoms with E-state index in [4.69, 9.17) is 11.6 Å². The number of benzene rings is 3. The van der Waals surface area contributed by atoms with Crippen molar-refractivity contribution in [2.24, 2.45) is 0 Å². The lowest BCUT2D eigenvalue weighted by molar-refractivity contribution is 0.249. The highest BCUT2D eigenvalue weighted by Gasteiger charge is 2.18. The van der Waals surface area contributed by atoms with Gasteiger partial charge in [0, 0.05) is 17.3 Å². The zero-order chi connectivity index (χ0) is 23.4. The van der Waals surface area contributed by atoms with Crippen molar-refractivity contribution >= 4 is 33.2 Å². The molecule has 1 atom stereocenters. The first-order chi connectivity index (χ1) is 15.8. The van der Waals surface area contributed by atoms with Crippen LogP contribution in [-0.4, -0.2) is 21.0 Å². The van der Waals surface area contributed by atoms with E-state index >= 15 is 0 Å². The van der Waals surface area contributed by atoms with Gasteiger partial charge in [0.2, 0.25) is 0 Å². The Kier molecular flexibility index (Phi) is 7.02. The molecule has 3 N–H and O–H groups in total. The molecule has 2 amide bonds. The summed E-state index contributed by atoms with van der Waals surface area (Å²) in [5.74, 6) is -0.0574. The second-order valence-corrected chi connectivity index (χ2v) is 10.6. The predicted molar refractivity (Wildman–Crippen MR) is 131 cm³/mol. The first-order valence-electron chi connectivity index (χ1n) is 10.8. The number of halogens is 1. The highest BCUT2D eigenvalue weighted by atomic mass is 35.5. The van der Waals surface area contributed by atoms with Gasteiger partial charge in [-0.05, 0) is 78.5 Å². The molecule has 0 saturated heterocycles. The summed E-state index contributed by atoms with van der Waals surface area (Å²) in [6.07, 6.45) is 0.904. The lowest BCUT2D eigenvalue weighted by Crippen LogP contribution is -2.31. The molecule has 172 valence electrons. The number of urea groups is 1. The van der Waals surface area contributed by atoms with Gasteiger partial charge >= 0.3 is 6.03 Å². The second-order valence-electron chi connectivity index (χ2n) is 8.19. The lowest BCUT2D eigenvalue weighted by atomic mass is 9.99. The van der Waals surface area contributed by atoms with Gasteiger partial charge in [0.15, 0.2) is 9.84 Å². The molecule has 6 nitrogen and oxygen atoms in total. The fourth-order valence-electron chi connectivity index (χ4n) is 3.89. The molecule has 0 aliphatic carbocycles. The molecule has 0 spiro atoms. The summed E-state index contributed by atoms with van der Waals surface area (Å²) in [6, 6.07) is 18.8. The first-order valence-corrected chi connectivity index (χ1v) is 12.8. The molecular weight excluding hydrogens is 458 g/mol. The Balaban J connectivity index is 1.38. The largest absolute Gasteiger partial charge is 0.331 e. The van der Waals surface area contributed by atoms with E-state index in [-0.39, 0.29) is 22.7 Å². The van der Waals surface area contributed by atoms with E-state index in [1.165, 1.54) is 23.3 Å². The fraction of sp³-hybridized carbons (Fsp3) is 0.240. The van der Waals surface area contributed by atoms with Crippen molar-refractivity contribution in [2.45, 2.75) is 36.6 Å². The second kappa shape index (κ2) is 9.95. The van der Waals surface area contributed by atoms with E-state index in [0.29, 0.717) is 10.7 Å². The molecule has 1 aliphatic rings. The maximum absolute atomic E-state index is 12.9. The van der Waals surface area contributed by atoms with Crippen molar-refractivity contribution in [3.63, 3.8) is 0 Å². The van der Waals surface area contributed by atoms with Gasteiger partial charge in [-0.3, -0.25) is 0 Å². The third-order valence-corrected chi connectivity index (χ3v) is 7.62. The van der Waals surface area contributed by atoms with Crippen molar-refractivity contribution in [1.82, 2.24) is 10.6 Å². The molecule has 4 rings (SSSR count). The number of sulfone groups is 1. The zero-order valence-corrected chi connectivity index (χ0v) is 19.8. The summed E-state index contributed by atoms with van der Waals surface area (Å²) in [4.78, 5) is 12.6. The summed E-state index contributed by atoms with van der Waals surface area (Å²) in [6.45, 7) is 3.59. The molecule has 0 radical (unpaired) electrons. The van der Waals surface area contributed by atoms with Gasteiger partial charge in [0.25, 0.3) is 0 Å². The minimum absolute atomic E-state index is 0.0574. The van der Waals surface area contributed by atoms with Gasteiger partial charge in [-0.25, -0.2) is 13.2 Å². The standard InChI is InChI=1S/C25H26ClN3O3S/c1-17(19-3-2-4-22(26)14-19)28-25(30)29-23-7-9-24(10-8-23)33(31,32)16-18-5-6-21-15-27-12-11-20(21)13-18/h2-10,13-14,17,27H,11-12,15-16H2,1H3,(H2,28,29,30). The van der Waals surface area contributed by atoms with Crippen LogP contribution >= 0.6 is 11.6 Å². The molecule has 33 heavy (non-hydrogen) atoms. The van der Waals surface area contributed by atoms with Crippen LogP contribution in [0.2, 0.25) is 5.02 Å². The summed E-state index contributed by atoms with van der Waals surface area (Å²) in [5.41, 5.74) is 4.61. The highest BCUT2D eigenvalue weighted by molar-refractivity contribution is 7.90. The van der Waals surface area contributed by atoms with Crippen LogP contribution in [0.1, 0.15) is 35.2 Å². The third-order valence-electron chi connectivity index (χ3n) is 5.68. The van der Waals surface area contributed by atoms with Crippen LogP contribution in [0.4, 0.5) is 10.5 Å². The van der Waals surface area contributed by atoms with Crippen LogP contribution in [0.5, 0.6) is 0 Å². The summed E-state index contributed by atoms with van der Waals surface area (Å²) < 4.78 is 25.8. The monoisotopic (exact) mass is 483 g/mol. The lowest BCUT2D eigenvalue weighted by Gasteiger charge is -2.18. The number of carbonyl (C=O) groups is 1. The quantitative estimate of drug-likeness (QED) is 0.468. The van der Waals surface area contributed by atoms with E-state index < -0.39 is 9.84 Å².